The molecule has 0 bridgehead atoms. The lowest BCUT2D eigenvalue weighted by atomic mass is 9.93. The number of hydrogen-bond acceptors (Lipinski definition) is 5. The second kappa shape index (κ2) is 7.79. The molecule has 0 aliphatic carbocycles. The van der Waals surface area contributed by atoms with Gasteiger partial charge < -0.3 is 14.0 Å². The van der Waals surface area contributed by atoms with Crippen LogP contribution in [0.4, 0.5) is 0 Å². The van der Waals surface area contributed by atoms with E-state index in [1.165, 1.54) is 0 Å². The lowest BCUT2D eigenvalue weighted by Crippen LogP contribution is -2.39. The van der Waals surface area contributed by atoms with Gasteiger partial charge >= 0.3 is 0 Å². The molecular formula is C16H22ClN5O2. The minimum atomic E-state index is 0.165. The summed E-state index contributed by atoms with van der Waals surface area (Å²) in [5.74, 6) is 2.43. The Bertz CT molecular complexity index is 676. The van der Waals surface area contributed by atoms with Gasteiger partial charge in [0.15, 0.2) is 5.15 Å². The summed E-state index contributed by atoms with van der Waals surface area (Å²) in [6.07, 6.45) is 5.71. The number of aryl methyl sites for hydroxylation is 2. The van der Waals surface area contributed by atoms with Gasteiger partial charge in [0.2, 0.25) is 5.91 Å². The first-order valence-corrected chi connectivity index (χ1v) is 8.79. The van der Waals surface area contributed by atoms with Gasteiger partial charge in [-0.2, -0.15) is 0 Å². The number of aromatic nitrogens is 4. The molecule has 1 saturated heterocycles. The molecular weight excluding hydrogens is 330 g/mol. The lowest BCUT2D eigenvalue weighted by Gasteiger charge is -2.32. The van der Waals surface area contributed by atoms with E-state index >= 15 is 0 Å². The zero-order valence-electron chi connectivity index (χ0n) is 13.8. The Labute approximate surface area is 146 Å². The van der Waals surface area contributed by atoms with Crippen molar-refractivity contribution in [1.82, 2.24) is 24.8 Å². The number of likely N-dealkylation sites (tertiary alicyclic amines) is 1. The van der Waals surface area contributed by atoms with E-state index < -0.39 is 0 Å². The van der Waals surface area contributed by atoms with Gasteiger partial charge in [-0.1, -0.05) is 16.8 Å². The molecule has 3 rings (SSSR count). The number of hydrogen-bond donors (Lipinski definition) is 0. The molecule has 1 aliphatic rings. The molecule has 0 N–H and O–H groups in total. The molecule has 0 unspecified atom stereocenters. The summed E-state index contributed by atoms with van der Waals surface area (Å²) in [4.78, 5) is 14.3. The van der Waals surface area contributed by atoms with Gasteiger partial charge in [-0.25, -0.2) is 0 Å². The summed E-state index contributed by atoms with van der Waals surface area (Å²) in [7, 11) is 0. The number of carbonyl (C=O) groups is 1. The summed E-state index contributed by atoms with van der Waals surface area (Å²) >= 11 is 5.71. The van der Waals surface area contributed by atoms with Crippen molar-refractivity contribution in [1.29, 1.82) is 0 Å². The summed E-state index contributed by atoms with van der Waals surface area (Å²) in [6, 6.07) is 1.66. The molecule has 2 aromatic rings. The van der Waals surface area contributed by atoms with Crippen LogP contribution in [0.3, 0.4) is 0 Å². The van der Waals surface area contributed by atoms with Crippen LogP contribution < -0.4 is 0 Å². The van der Waals surface area contributed by atoms with Crippen molar-refractivity contribution in [3.8, 4) is 0 Å². The Kier molecular flexibility index (Phi) is 5.50. The van der Waals surface area contributed by atoms with E-state index in [-0.39, 0.29) is 5.91 Å². The Hall–Kier alpha value is -1.89. The molecule has 7 nitrogen and oxygen atoms in total. The maximum Gasteiger partial charge on any atom is 0.223 e. The Morgan fingerprint density at radius 2 is 2.21 bits per heavy atom. The fraction of sp³-hybridized carbons (Fsp3) is 0.625. The quantitative estimate of drug-likeness (QED) is 0.798. The van der Waals surface area contributed by atoms with Crippen molar-refractivity contribution < 1.29 is 9.32 Å². The first-order chi connectivity index (χ1) is 11.7. The summed E-state index contributed by atoms with van der Waals surface area (Å²) in [6.45, 7) is 4.60. The van der Waals surface area contributed by atoms with Gasteiger partial charge in [-0.05, 0) is 25.7 Å². The van der Waals surface area contributed by atoms with E-state index in [2.05, 4.69) is 26.8 Å². The van der Waals surface area contributed by atoms with E-state index in [1.807, 2.05) is 4.90 Å². The fourth-order valence-electron chi connectivity index (χ4n) is 3.14. The highest BCUT2D eigenvalue weighted by molar-refractivity contribution is 6.29. The molecule has 1 aliphatic heterocycles. The van der Waals surface area contributed by atoms with E-state index in [0.717, 1.165) is 44.7 Å². The van der Waals surface area contributed by atoms with E-state index in [9.17, 15) is 4.79 Å². The molecule has 8 heteroatoms. The fourth-order valence-corrected chi connectivity index (χ4v) is 3.30. The number of amides is 1. The first kappa shape index (κ1) is 17.0. The third kappa shape index (κ3) is 4.14. The zero-order valence-corrected chi connectivity index (χ0v) is 14.6. The minimum absolute atomic E-state index is 0.165. The average molecular weight is 352 g/mol. The second-order valence-electron chi connectivity index (χ2n) is 6.18. The SMILES string of the molecule is CCn1cnnc1CC1CCN(C(=O)CCc2cc(Cl)no2)CC1. The molecule has 2 aromatic heterocycles. The van der Waals surface area contributed by atoms with Crippen LogP contribution in [0.2, 0.25) is 5.15 Å². The Balaban J connectivity index is 1.43. The molecule has 130 valence electrons. The number of carbonyl (C=O) groups excluding carboxylic acids is 1. The second-order valence-corrected chi connectivity index (χ2v) is 6.56. The molecule has 1 amide bonds. The highest BCUT2D eigenvalue weighted by Gasteiger charge is 2.24. The van der Waals surface area contributed by atoms with Crippen LogP contribution >= 0.6 is 11.6 Å². The predicted octanol–water partition coefficient (Wildman–Crippen LogP) is 2.35. The van der Waals surface area contributed by atoms with Crippen molar-refractivity contribution in [3.63, 3.8) is 0 Å². The molecule has 24 heavy (non-hydrogen) atoms. The van der Waals surface area contributed by atoms with Crippen LogP contribution in [-0.4, -0.2) is 43.8 Å². The summed E-state index contributed by atoms with van der Waals surface area (Å²) < 4.78 is 7.12. The minimum Gasteiger partial charge on any atom is -0.360 e. The van der Waals surface area contributed by atoms with Crippen molar-refractivity contribution >= 4 is 17.5 Å². The maximum atomic E-state index is 12.3. The largest absolute Gasteiger partial charge is 0.360 e. The molecule has 0 spiro atoms. The van der Waals surface area contributed by atoms with Gasteiger partial charge in [0.05, 0.1) is 0 Å². The van der Waals surface area contributed by atoms with Crippen LogP contribution in [0.25, 0.3) is 0 Å². The average Bonchev–Trinajstić information content (AvgIpc) is 3.22. The first-order valence-electron chi connectivity index (χ1n) is 8.41. The van der Waals surface area contributed by atoms with Crippen molar-refractivity contribution in [3.05, 3.63) is 29.1 Å². The molecule has 3 heterocycles. The molecule has 0 aromatic carbocycles. The monoisotopic (exact) mass is 351 g/mol. The lowest BCUT2D eigenvalue weighted by molar-refractivity contribution is -0.132. The molecule has 0 saturated carbocycles. The molecule has 0 atom stereocenters. The van der Waals surface area contributed by atoms with Crippen LogP contribution in [0, 0.1) is 5.92 Å². The van der Waals surface area contributed by atoms with Gasteiger partial charge in [-0.15, -0.1) is 10.2 Å². The van der Waals surface area contributed by atoms with Crippen molar-refractivity contribution in [2.75, 3.05) is 13.1 Å². The zero-order chi connectivity index (χ0) is 16.9. The third-order valence-electron chi connectivity index (χ3n) is 4.59. The number of piperidine rings is 1. The third-order valence-corrected chi connectivity index (χ3v) is 4.77. The van der Waals surface area contributed by atoms with Crippen LogP contribution in [0.5, 0.6) is 0 Å². The highest BCUT2D eigenvalue weighted by atomic mass is 35.5. The van der Waals surface area contributed by atoms with Crippen molar-refractivity contribution in [2.45, 2.75) is 45.6 Å². The highest BCUT2D eigenvalue weighted by Crippen LogP contribution is 2.22. The van der Waals surface area contributed by atoms with Gasteiger partial charge in [-0.3, -0.25) is 4.79 Å². The normalized spacial score (nSPS) is 15.8. The number of rotatable bonds is 6. The van der Waals surface area contributed by atoms with Crippen LogP contribution in [-0.2, 0) is 24.2 Å². The number of halogens is 1. The van der Waals surface area contributed by atoms with Crippen LogP contribution in [0.15, 0.2) is 16.9 Å². The standard InChI is InChI=1S/C16H22ClN5O2/c1-2-21-11-18-19-15(21)9-12-5-7-22(8-6-12)16(23)4-3-13-10-14(17)20-24-13/h10-12H,2-9H2,1H3. The van der Waals surface area contributed by atoms with Gasteiger partial charge in [0.25, 0.3) is 0 Å². The summed E-state index contributed by atoms with van der Waals surface area (Å²) in [5, 5.41) is 12.1. The summed E-state index contributed by atoms with van der Waals surface area (Å²) in [5.41, 5.74) is 0. The molecule has 0 radical (unpaired) electrons. The Morgan fingerprint density at radius 3 is 2.88 bits per heavy atom. The van der Waals surface area contributed by atoms with Gasteiger partial charge in [0, 0.05) is 45.0 Å². The topological polar surface area (TPSA) is 77.1 Å². The van der Waals surface area contributed by atoms with Crippen LogP contribution in [0.1, 0.15) is 37.8 Å². The predicted molar refractivity (Wildman–Crippen MR) is 88.5 cm³/mol. The van der Waals surface area contributed by atoms with E-state index in [4.69, 9.17) is 16.1 Å². The van der Waals surface area contributed by atoms with Crippen molar-refractivity contribution in [2.24, 2.45) is 5.92 Å². The smallest absolute Gasteiger partial charge is 0.223 e. The Morgan fingerprint density at radius 1 is 1.42 bits per heavy atom. The molecule has 1 fully saturated rings. The van der Waals surface area contributed by atoms with E-state index in [1.54, 1.807) is 12.4 Å². The maximum absolute atomic E-state index is 12.3. The number of nitrogens with zero attached hydrogens (tertiary/aromatic N) is 5. The van der Waals surface area contributed by atoms with E-state index in [0.29, 0.717) is 29.7 Å². The van der Waals surface area contributed by atoms with Gasteiger partial charge in [0.1, 0.15) is 17.9 Å².